The maximum absolute atomic E-state index is 12.2. The van der Waals surface area contributed by atoms with Crippen LogP contribution in [0.3, 0.4) is 0 Å². The van der Waals surface area contributed by atoms with Gasteiger partial charge in [0.25, 0.3) is 0 Å². The molecule has 1 aromatic carbocycles. The molecule has 0 atom stereocenters. The SMILES string of the molecule is CC=C(C(=O)OC)c1ccccc1CP(=O)(OC)OC. The molecule has 0 saturated carbocycles. The van der Waals surface area contributed by atoms with Crippen LogP contribution in [0.5, 0.6) is 0 Å². The highest BCUT2D eigenvalue weighted by Gasteiger charge is 2.25. The summed E-state index contributed by atoms with van der Waals surface area (Å²) < 4.78 is 26.9. The smallest absolute Gasteiger partial charge is 0.338 e. The van der Waals surface area contributed by atoms with Crippen molar-refractivity contribution in [3.63, 3.8) is 0 Å². The molecule has 0 spiro atoms. The fraction of sp³-hybridized carbons (Fsp3) is 0.357. The summed E-state index contributed by atoms with van der Waals surface area (Å²) >= 11 is 0. The molecule has 0 saturated heterocycles. The quantitative estimate of drug-likeness (QED) is 0.458. The Labute approximate surface area is 119 Å². The summed E-state index contributed by atoms with van der Waals surface area (Å²) in [6.07, 6.45) is 1.75. The Hall–Kier alpha value is -1.42. The molecule has 0 aromatic heterocycles. The molecular weight excluding hydrogens is 279 g/mol. The van der Waals surface area contributed by atoms with Gasteiger partial charge in [0.2, 0.25) is 0 Å². The lowest BCUT2D eigenvalue weighted by atomic mass is 10.0. The van der Waals surface area contributed by atoms with Gasteiger partial charge in [-0.3, -0.25) is 4.57 Å². The van der Waals surface area contributed by atoms with Gasteiger partial charge >= 0.3 is 13.6 Å². The number of esters is 1. The van der Waals surface area contributed by atoms with Crippen molar-refractivity contribution in [1.82, 2.24) is 0 Å². The lowest BCUT2D eigenvalue weighted by Crippen LogP contribution is -2.06. The predicted octanol–water partition coefficient (Wildman–Crippen LogP) is 3.25. The van der Waals surface area contributed by atoms with Gasteiger partial charge in [-0.2, -0.15) is 0 Å². The molecule has 0 radical (unpaired) electrons. The van der Waals surface area contributed by atoms with Crippen LogP contribution in [0.25, 0.3) is 5.57 Å². The zero-order chi connectivity index (χ0) is 15.2. The highest BCUT2D eigenvalue weighted by atomic mass is 31.2. The monoisotopic (exact) mass is 298 g/mol. The molecule has 20 heavy (non-hydrogen) atoms. The molecule has 0 aliphatic carbocycles. The van der Waals surface area contributed by atoms with E-state index in [1.165, 1.54) is 21.3 Å². The van der Waals surface area contributed by atoms with E-state index in [1.54, 1.807) is 37.3 Å². The molecule has 110 valence electrons. The van der Waals surface area contributed by atoms with E-state index in [0.29, 0.717) is 16.7 Å². The summed E-state index contributed by atoms with van der Waals surface area (Å²) in [5.41, 5.74) is 1.79. The van der Waals surface area contributed by atoms with E-state index in [-0.39, 0.29) is 6.16 Å². The molecule has 0 aliphatic heterocycles. The van der Waals surface area contributed by atoms with E-state index in [0.717, 1.165) is 0 Å². The van der Waals surface area contributed by atoms with Gasteiger partial charge in [0.15, 0.2) is 0 Å². The number of benzene rings is 1. The van der Waals surface area contributed by atoms with Gasteiger partial charge in [-0.1, -0.05) is 30.3 Å². The largest absolute Gasteiger partial charge is 0.465 e. The predicted molar refractivity (Wildman–Crippen MR) is 77.4 cm³/mol. The first-order valence-electron chi connectivity index (χ1n) is 6.04. The van der Waals surface area contributed by atoms with Gasteiger partial charge in [0.1, 0.15) is 0 Å². The van der Waals surface area contributed by atoms with Gasteiger partial charge in [-0.15, -0.1) is 0 Å². The second-order valence-electron chi connectivity index (χ2n) is 3.99. The van der Waals surface area contributed by atoms with Crippen LogP contribution >= 0.6 is 7.60 Å². The fourth-order valence-corrected chi connectivity index (χ4v) is 2.93. The van der Waals surface area contributed by atoms with E-state index in [1.807, 2.05) is 0 Å². The minimum atomic E-state index is -3.20. The summed E-state index contributed by atoms with van der Waals surface area (Å²) in [6, 6.07) is 7.17. The number of hydrogen-bond acceptors (Lipinski definition) is 5. The van der Waals surface area contributed by atoms with Crippen molar-refractivity contribution >= 4 is 19.1 Å². The molecule has 0 fully saturated rings. The Morgan fingerprint density at radius 1 is 1.20 bits per heavy atom. The van der Waals surface area contributed by atoms with Crippen LogP contribution in [0.4, 0.5) is 0 Å². The molecule has 1 aromatic rings. The van der Waals surface area contributed by atoms with Crippen molar-refractivity contribution in [2.75, 3.05) is 21.3 Å². The normalized spacial score (nSPS) is 12.3. The van der Waals surface area contributed by atoms with Crippen LogP contribution in [-0.4, -0.2) is 27.3 Å². The number of allylic oxidation sites excluding steroid dienone is 1. The van der Waals surface area contributed by atoms with Crippen molar-refractivity contribution < 1.29 is 23.1 Å². The third kappa shape index (κ3) is 3.79. The summed E-state index contributed by atoms with van der Waals surface area (Å²) in [7, 11) is 0.799. The molecule has 0 unspecified atom stereocenters. The number of rotatable bonds is 6. The minimum Gasteiger partial charge on any atom is -0.465 e. The fourth-order valence-electron chi connectivity index (χ4n) is 1.83. The van der Waals surface area contributed by atoms with Crippen molar-refractivity contribution in [2.24, 2.45) is 0 Å². The summed E-state index contributed by atoms with van der Waals surface area (Å²) in [5, 5.41) is 0. The van der Waals surface area contributed by atoms with Gasteiger partial charge in [-0.25, -0.2) is 4.79 Å². The van der Waals surface area contributed by atoms with Crippen molar-refractivity contribution in [3.05, 3.63) is 41.5 Å². The molecule has 6 heteroatoms. The van der Waals surface area contributed by atoms with Crippen LogP contribution in [0, 0.1) is 0 Å². The Balaban J connectivity index is 3.24. The second-order valence-corrected chi connectivity index (χ2v) is 6.25. The van der Waals surface area contributed by atoms with Crippen LogP contribution in [-0.2, 0) is 29.3 Å². The van der Waals surface area contributed by atoms with Crippen LogP contribution in [0.2, 0.25) is 0 Å². The number of carbonyl (C=O) groups is 1. The Morgan fingerprint density at radius 3 is 2.30 bits per heavy atom. The topological polar surface area (TPSA) is 61.8 Å². The third-order valence-corrected chi connectivity index (χ3v) is 4.76. The number of methoxy groups -OCH3 is 1. The zero-order valence-electron chi connectivity index (χ0n) is 12.1. The van der Waals surface area contributed by atoms with E-state index in [2.05, 4.69) is 0 Å². The summed E-state index contributed by atoms with van der Waals surface area (Å²) in [4.78, 5) is 11.8. The molecule has 0 bridgehead atoms. The molecule has 0 N–H and O–H groups in total. The zero-order valence-corrected chi connectivity index (χ0v) is 13.0. The second kappa shape index (κ2) is 7.39. The van der Waals surface area contributed by atoms with Crippen LogP contribution < -0.4 is 0 Å². The average Bonchev–Trinajstić information content (AvgIpc) is 2.49. The molecular formula is C14H19O5P. The highest BCUT2D eigenvalue weighted by Crippen LogP contribution is 2.50. The average molecular weight is 298 g/mol. The maximum atomic E-state index is 12.2. The van der Waals surface area contributed by atoms with Crippen molar-refractivity contribution in [3.8, 4) is 0 Å². The van der Waals surface area contributed by atoms with E-state index in [9.17, 15) is 9.36 Å². The molecule has 1 rings (SSSR count). The van der Waals surface area contributed by atoms with E-state index < -0.39 is 13.6 Å². The van der Waals surface area contributed by atoms with Crippen LogP contribution in [0.15, 0.2) is 30.3 Å². The van der Waals surface area contributed by atoms with Gasteiger partial charge < -0.3 is 13.8 Å². The van der Waals surface area contributed by atoms with Gasteiger partial charge in [0.05, 0.1) is 18.8 Å². The first kappa shape index (κ1) is 16.6. The standard InChI is InChI=1S/C14H19O5P/c1-5-12(14(15)17-2)13-9-7-6-8-11(13)10-20(16,18-3)19-4/h5-9H,10H2,1-4H3. The van der Waals surface area contributed by atoms with E-state index in [4.69, 9.17) is 13.8 Å². The van der Waals surface area contributed by atoms with Crippen molar-refractivity contribution in [2.45, 2.75) is 13.1 Å². The number of ether oxygens (including phenoxy) is 1. The molecule has 0 amide bonds. The first-order valence-corrected chi connectivity index (χ1v) is 7.77. The Bertz CT molecular complexity index is 542. The Morgan fingerprint density at radius 2 is 1.80 bits per heavy atom. The summed E-state index contributed by atoms with van der Waals surface area (Å²) in [6.45, 7) is 1.75. The first-order chi connectivity index (χ1) is 9.51. The van der Waals surface area contributed by atoms with E-state index >= 15 is 0 Å². The third-order valence-electron chi connectivity index (χ3n) is 2.92. The number of carbonyl (C=O) groups excluding carboxylic acids is 1. The van der Waals surface area contributed by atoms with Gasteiger partial charge in [0, 0.05) is 14.2 Å². The van der Waals surface area contributed by atoms with Crippen molar-refractivity contribution in [1.29, 1.82) is 0 Å². The highest BCUT2D eigenvalue weighted by molar-refractivity contribution is 7.52. The summed E-state index contributed by atoms with van der Waals surface area (Å²) in [5.74, 6) is -0.440. The lowest BCUT2D eigenvalue weighted by Gasteiger charge is -2.16. The minimum absolute atomic E-state index is 0.0878. The van der Waals surface area contributed by atoms with Crippen LogP contribution in [0.1, 0.15) is 18.1 Å². The molecule has 0 aliphatic rings. The molecule has 0 heterocycles. The maximum Gasteiger partial charge on any atom is 0.338 e. The molecule has 5 nitrogen and oxygen atoms in total. The Kier molecular flexibility index (Phi) is 6.14. The number of hydrogen-bond donors (Lipinski definition) is 0. The lowest BCUT2D eigenvalue weighted by molar-refractivity contribution is -0.133. The van der Waals surface area contributed by atoms with Gasteiger partial charge in [-0.05, 0) is 18.1 Å².